The second-order valence-corrected chi connectivity index (χ2v) is 9.88. The third-order valence-electron chi connectivity index (χ3n) is 8.63. The van der Waals surface area contributed by atoms with Crippen molar-refractivity contribution in [1.82, 2.24) is 0 Å². The number of hydrogen-bond donors (Lipinski definition) is 1. The summed E-state index contributed by atoms with van der Waals surface area (Å²) in [6.45, 7) is 12.5. The molecule has 0 aromatic heterocycles. The summed E-state index contributed by atoms with van der Waals surface area (Å²) in [5, 5.41) is 9.97. The van der Waals surface area contributed by atoms with Crippen LogP contribution in [-0.2, 0) is 14.3 Å². The SMILES string of the molecule is C=C1C[C@@]2(C)[C@@H](CC[C@@]2(OC(=O)CC)C(=C)CO)[C@@H]2CC=C3CC(=O)CC[C@@H]3[C@@H]12. The summed E-state index contributed by atoms with van der Waals surface area (Å²) in [7, 11) is 0. The van der Waals surface area contributed by atoms with Crippen LogP contribution in [0.25, 0.3) is 0 Å². The van der Waals surface area contributed by atoms with Crippen LogP contribution in [0.2, 0.25) is 0 Å². The average molecular weight is 399 g/mol. The fraction of sp³-hybridized carbons (Fsp3) is 0.680. The van der Waals surface area contributed by atoms with Crippen molar-refractivity contribution >= 4 is 11.8 Å². The first kappa shape index (κ1) is 20.6. The van der Waals surface area contributed by atoms with Crippen LogP contribution in [0.4, 0.5) is 0 Å². The molecular weight excluding hydrogens is 364 g/mol. The summed E-state index contributed by atoms with van der Waals surface area (Å²) in [5.74, 6) is 1.84. The molecule has 0 unspecified atom stereocenters. The lowest BCUT2D eigenvalue weighted by molar-refractivity contribution is -0.171. The number of rotatable bonds is 4. The number of allylic oxidation sites excluding steroid dienone is 3. The minimum absolute atomic E-state index is 0.172. The third kappa shape index (κ3) is 2.90. The van der Waals surface area contributed by atoms with E-state index in [0.29, 0.717) is 54.3 Å². The van der Waals surface area contributed by atoms with Crippen LogP contribution >= 0.6 is 0 Å². The van der Waals surface area contributed by atoms with Gasteiger partial charge >= 0.3 is 5.97 Å². The van der Waals surface area contributed by atoms with Crippen LogP contribution in [0.15, 0.2) is 36.0 Å². The van der Waals surface area contributed by atoms with E-state index in [9.17, 15) is 14.7 Å². The number of fused-ring (bicyclic) bond motifs is 5. The van der Waals surface area contributed by atoms with E-state index >= 15 is 0 Å². The maximum Gasteiger partial charge on any atom is 0.306 e. The number of carbonyl (C=O) groups is 2. The maximum atomic E-state index is 12.4. The Kier molecular flexibility index (Phi) is 5.13. The van der Waals surface area contributed by atoms with Crippen molar-refractivity contribution in [3.8, 4) is 0 Å². The Morgan fingerprint density at radius 3 is 2.83 bits per heavy atom. The summed E-state index contributed by atoms with van der Waals surface area (Å²) in [4.78, 5) is 24.4. The Hall–Kier alpha value is -1.68. The molecule has 0 heterocycles. The number of ketones is 1. The summed E-state index contributed by atoms with van der Waals surface area (Å²) >= 11 is 0. The molecule has 4 rings (SSSR count). The molecule has 0 aromatic carbocycles. The molecule has 0 saturated heterocycles. The average Bonchev–Trinajstić information content (AvgIpc) is 2.99. The highest BCUT2D eigenvalue weighted by molar-refractivity contribution is 5.82. The molecule has 6 atom stereocenters. The van der Waals surface area contributed by atoms with Gasteiger partial charge in [0.15, 0.2) is 0 Å². The Labute approximate surface area is 174 Å². The Morgan fingerprint density at radius 1 is 1.38 bits per heavy atom. The van der Waals surface area contributed by atoms with Crippen molar-refractivity contribution in [1.29, 1.82) is 0 Å². The van der Waals surface area contributed by atoms with Gasteiger partial charge in [-0.3, -0.25) is 9.59 Å². The maximum absolute atomic E-state index is 12.4. The zero-order valence-electron chi connectivity index (χ0n) is 17.8. The van der Waals surface area contributed by atoms with Crippen molar-refractivity contribution < 1.29 is 19.4 Å². The van der Waals surface area contributed by atoms with Crippen LogP contribution in [-0.4, -0.2) is 29.1 Å². The molecule has 0 aliphatic heterocycles. The highest BCUT2D eigenvalue weighted by atomic mass is 16.6. The molecule has 4 aliphatic carbocycles. The number of esters is 1. The van der Waals surface area contributed by atoms with Gasteiger partial charge < -0.3 is 9.84 Å². The summed E-state index contributed by atoms with van der Waals surface area (Å²) in [6, 6.07) is 0. The topological polar surface area (TPSA) is 63.6 Å². The quantitative estimate of drug-likeness (QED) is 0.558. The van der Waals surface area contributed by atoms with Gasteiger partial charge in [-0.1, -0.05) is 44.2 Å². The van der Waals surface area contributed by atoms with Gasteiger partial charge in [0.2, 0.25) is 0 Å². The minimum Gasteiger partial charge on any atom is -0.454 e. The lowest BCUT2D eigenvalue weighted by Crippen LogP contribution is -2.56. The number of carbonyl (C=O) groups excluding carboxylic acids is 2. The zero-order chi connectivity index (χ0) is 21.0. The molecule has 0 bridgehead atoms. The molecule has 0 radical (unpaired) electrons. The van der Waals surface area contributed by atoms with E-state index in [1.807, 2.05) is 0 Å². The van der Waals surface area contributed by atoms with Gasteiger partial charge in [0.25, 0.3) is 0 Å². The molecule has 3 saturated carbocycles. The first-order valence-corrected chi connectivity index (χ1v) is 11.2. The fourth-order valence-corrected chi connectivity index (χ4v) is 7.34. The number of hydrogen-bond acceptors (Lipinski definition) is 4. The Bertz CT molecular complexity index is 793. The van der Waals surface area contributed by atoms with Crippen molar-refractivity contribution in [2.45, 2.75) is 70.8 Å². The van der Waals surface area contributed by atoms with E-state index in [1.54, 1.807) is 6.92 Å². The van der Waals surface area contributed by atoms with Gasteiger partial charge in [-0.15, -0.1) is 0 Å². The lowest BCUT2D eigenvalue weighted by Gasteiger charge is -2.57. The monoisotopic (exact) mass is 398 g/mol. The van der Waals surface area contributed by atoms with Crippen molar-refractivity contribution in [3.63, 3.8) is 0 Å². The van der Waals surface area contributed by atoms with Crippen LogP contribution in [0.1, 0.15) is 65.2 Å². The first-order valence-electron chi connectivity index (χ1n) is 11.2. The van der Waals surface area contributed by atoms with Crippen molar-refractivity contribution in [2.75, 3.05) is 6.61 Å². The van der Waals surface area contributed by atoms with Gasteiger partial charge in [0.1, 0.15) is 11.4 Å². The molecule has 0 spiro atoms. The van der Waals surface area contributed by atoms with E-state index in [0.717, 1.165) is 32.1 Å². The van der Waals surface area contributed by atoms with Crippen LogP contribution < -0.4 is 0 Å². The fourth-order valence-electron chi connectivity index (χ4n) is 7.34. The van der Waals surface area contributed by atoms with Crippen molar-refractivity contribution in [3.05, 3.63) is 36.0 Å². The van der Waals surface area contributed by atoms with E-state index in [4.69, 9.17) is 4.74 Å². The molecule has 3 fully saturated rings. The predicted molar refractivity (Wildman–Crippen MR) is 112 cm³/mol. The zero-order valence-corrected chi connectivity index (χ0v) is 17.8. The van der Waals surface area contributed by atoms with Gasteiger partial charge in [0, 0.05) is 24.7 Å². The van der Waals surface area contributed by atoms with E-state index in [-0.39, 0.29) is 18.0 Å². The van der Waals surface area contributed by atoms with Gasteiger partial charge in [-0.05, 0) is 61.3 Å². The normalized spacial score (nSPS) is 41.1. The Morgan fingerprint density at radius 2 is 2.14 bits per heavy atom. The molecule has 158 valence electrons. The highest BCUT2D eigenvalue weighted by Crippen LogP contribution is 2.67. The smallest absolute Gasteiger partial charge is 0.306 e. The number of aliphatic hydroxyl groups excluding tert-OH is 1. The highest BCUT2D eigenvalue weighted by Gasteiger charge is 2.66. The molecule has 4 aliphatic rings. The second-order valence-electron chi connectivity index (χ2n) is 9.88. The molecule has 0 aromatic rings. The number of aliphatic hydroxyl groups is 1. The van der Waals surface area contributed by atoms with Gasteiger partial charge in [0.05, 0.1) is 6.61 Å². The summed E-state index contributed by atoms with van der Waals surface area (Å²) in [5.41, 5.74) is 2.05. The van der Waals surface area contributed by atoms with Crippen LogP contribution in [0.3, 0.4) is 0 Å². The predicted octanol–water partition coefficient (Wildman–Crippen LogP) is 4.53. The third-order valence-corrected chi connectivity index (χ3v) is 8.63. The number of Topliss-reactive ketones (excluding diaryl/α,β-unsaturated/α-hetero) is 1. The molecule has 4 heteroatoms. The summed E-state index contributed by atoms with van der Waals surface area (Å²) in [6.07, 6.45) is 8.30. The Balaban J connectivity index is 1.72. The minimum atomic E-state index is -0.820. The van der Waals surface area contributed by atoms with Crippen LogP contribution in [0.5, 0.6) is 0 Å². The summed E-state index contributed by atoms with van der Waals surface area (Å²) < 4.78 is 6.12. The molecule has 0 amide bonds. The van der Waals surface area contributed by atoms with Gasteiger partial charge in [-0.2, -0.15) is 0 Å². The lowest BCUT2D eigenvalue weighted by atomic mass is 9.49. The van der Waals surface area contributed by atoms with Crippen LogP contribution in [0, 0.1) is 29.1 Å². The molecular formula is C25H34O4. The first-order chi connectivity index (χ1) is 13.8. The van der Waals surface area contributed by atoms with E-state index in [2.05, 4.69) is 26.2 Å². The van der Waals surface area contributed by atoms with Crippen molar-refractivity contribution in [2.24, 2.45) is 29.1 Å². The molecule has 1 N–H and O–H groups in total. The van der Waals surface area contributed by atoms with Gasteiger partial charge in [-0.25, -0.2) is 0 Å². The molecule has 29 heavy (non-hydrogen) atoms. The van der Waals surface area contributed by atoms with E-state index < -0.39 is 5.60 Å². The number of ether oxygens (including phenoxy) is 1. The standard InChI is InChI=1S/C25H34O4/c1-5-22(28)29-25(16(3)14-26)11-10-21-20-8-6-17-12-18(27)7-9-19(17)23(20)15(2)13-24(21,25)4/h6,19-21,23,26H,2-3,5,7-14H2,1,4H3/t19-,20-,21-,23+,24-,25+/m0/s1. The molecule has 4 nitrogen and oxygen atoms in total. The largest absolute Gasteiger partial charge is 0.454 e. The van der Waals surface area contributed by atoms with E-state index in [1.165, 1.54) is 11.1 Å². The second kappa shape index (κ2) is 7.23.